The summed E-state index contributed by atoms with van der Waals surface area (Å²) in [4.78, 5) is 25.1. The number of ether oxygens (including phenoxy) is 1. The van der Waals surface area contributed by atoms with Gasteiger partial charge < -0.3 is 10.1 Å². The molecule has 25 heavy (non-hydrogen) atoms. The van der Waals surface area contributed by atoms with Gasteiger partial charge in [0.25, 0.3) is 0 Å². The summed E-state index contributed by atoms with van der Waals surface area (Å²) in [5.74, 6) is -0.470. The lowest BCUT2D eigenvalue weighted by Gasteiger charge is -2.14. The average molecular weight is 378 g/mol. The van der Waals surface area contributed by atoms with Crippen molar-refractivity contribution in [2.45, 2.75) is 30.9 Å². The quantitative estimate of drug-likeness (QED) is 0.572. The van der Waals surface area contributed by atoms with Gasteiger partial charge in [0.1, 0.15) is 0 Å². The molecule has 0 saturated heterocycles. The largest absolute Gasteiger partial charge is 0.462 e. The number of carbonyl (C=O) groups excluding carboxylic acids is 2. The number of hydrogen-bond donors (Lipinski definition) is 1. The fourth-order valence-corrected chi connectivity index (χ4v) is 3.14. The summed E-state index contributed by atoms with van der Waals surface area (Å²) in [6, 6.07) is 12.5. The highest BCUT2D eigenvalue weighted by atomic mass is 35.5. The standard InChI is InChI=1S/C19H20ClNO3S/c1-4-24-19(23)14-5-10-17(12(2)11-14)21-18(22)13(3)25-16-8-6-15(20)7-9-16/h5-11,13H,4H2,1-3H3,(H,21,22). The third-order valence-corrected chi connectivity index (χ3v) is 4.86. The maximum absolute atomic E-state index is 12.4. The van der Waals surface area contributed by atoms with E-state index in [-0.39, 0.29) is 17.1 Å². The van der Waals surface area contributed by atoms with E-state index in [2.05, 4.69) is 5.32 Å². The number of aryl methyl sites for hydroxylation is 1. The van der Waals surface area contributed by atoms with Gasteiger partial charge in [0.05, 0.1) is 17.4 Å². The average Bonchev–Trinajstić information content (AvgIpc) is 2.58. The van der Waals surface area contributed by atoms with E-state index in [9.17, 15) is 9.59 Å². The van der Waals surface area contributed by atoms with Crippen LogP contribution >= 0.6 is 23.4 Å². The monoisotopic (exact) mass is 377 g/mol. The molecule has 0 heterocycles. The van der Waals surface area contributed by atoms with Crippen LogP contribution in [0.3, 0.4) is 0 Å². The van der Waals surface area contributed by atoms with E-state index in [0.717, 1.165) is 10.5 Å². The highest BCUT2D eigenvalue weighted by Gasteiger charge is 2.16. The lowest BCUT2D eigenvalue weighted by molar-refractivity contribution is -0.115. The fourth-order valence-electron chi connectivity index (χ4n) is 2.15. The molecule has 0 fully saturated rings. The Hall–Kier alpha value is -1.98. The second kappa shape index (κ2) is 8.92. The predicted octanol–water partition coefficient (Wildman–Crippen LogP) is 4.94. The second-order valence-electron chi connectivity index (χ2n) is 5.45. The molecule has 0 bridgehead atoms. The number of rotatable bonds is 6. The van der Waals surface area contributed by atoms with Crippen LogP contribution in [0.2, 0.25) is 5.02 Å². The highest BCUT2D eigenvalue weighted by molar-refractivity contribution is 8.00. The fraction of sp³-hybridized carbons (Fsp3) is 0.263. The minimum absolute atomic E-state index is 0.105. The first-order valence-corrected chi connectivity index (χ1v) is 9.17. The van der Waals surface area contributed by atoms with Crippen molar-refractivity contribution in [3.05, 3.63) is 58.6 Å². The molecule has 0 aliphatic rings. The number of nitrogens with one attached hydrogen (secondary N) is 1. The first-order valence-electron chi connectivity index (χ1n) is 7.91. The summed E-state index contributed by atoms with van der Waals surface area (Å²) in [6.07, 6.45) is 0. The number of benzene rings is 2. The minimum atomic E-state index is -0.366. The molecule has 0 spiro atoms. The topological polar surface area (TPSA) is 55.4 Å². The molecular formula is C19H20ClNO3S. The van der Waals surface area contributed by atoms with E-state index in [1.807, 2.05) is 26.0 Å². The van der Waals surface area contributed by atoms with Crippen LogP contribution in [0.15, 0.2) is 47.4 Å². The molecule has 1 N–H and O–H groups in total. The van der Waals surface area contributed by atoms with Crippen molar-refractivity contribution in [1.29, 1.82) is 0 Å². The molecule has 132 valence electrons. The molecule has 2 aromatic carbocycles. The third-order valence-electron chi connectivity index (χ3n) is 3.49. The van der Waals surface area contributed by atoms with E-state index in [1.165, 1.54) is 11.8 Å². The number of carbonyl (C=O) groups is 2. The Kier molecular flexibility index (Phi) is 6.91. The normalized spacial score (nSPS) is 11.7. The zero-order chi connectivity index (χ0) is 18.4. The van der Waals surface area contributed by atoms with Gasteiger partial charge in [-0.1, -0.05) is 11.6 Å². The summed E-state index contributed by atoms with van der Waals surface area (Å²) >= 11 is 7.32. The summed E-state index contributed by atoms with van der Waals surface area (Å²) in [6.45, 7) is 5.78. The van der Waals surface area contributed by atoms with Crippen LogP contribution in [-0.4, -0.2) is 23.7 Å². The van der Waals surface area contributed by atoms with Gasteiger partial charge in [-0.05, 0) is 68.8 Å². The van der Waals surface area contributed by atoms with Crippen molar-refractivity contribution in [3.8, 4) is 0 Å². The van der Waals surface area contributed by atoms with E-state index in [0.29, 0.717) is 22.9 Å². The van der Waals surface area contributed by atoms with Gasteiger partial charge in [-0.2, -0.15) is 0 Å². The molecule has 2 aromatic rings. The molecule has 0 aromatic heterocycles. The van der Waals surface area contributed by atoms with Crippen molar-refractivity contribution in [1.82, 2.24) is 0 Å². The Morgan fingerprint density at radius 2 is 1.88 bits per heavy atom. The van der Waals surface area contributed by atoms with Crippen LogP contribution in [-0.2, 0) is 9.53 Å². The SMILES string of the molecule is CCOC(=O)c1ccc(NC(=O)C(C)Sc2ccc(Cl)cc2)c(C)c1. The number of halogens is 1. The molecule has 0 aliphatic heterocycles. The summed E-state index contributed by atoms with van der Waals surface area (Å²) in [7, 11) is 0. The van der Waals surface area contributed by atoms with Crippen LogP contribution in [0, 0.1) is 6.92 Å². The molecule has 0 aliphatic carbocycles. The van der Waals surface area contributed by atoms with Gasteiger partial charge in [-0.3, -0.25) is 4.79 Å². The summed E-state index contributed by atoms with van der Waals surface area (Å²) < 4.78 is 4.98. The van der Waals surface area contributed by atoms with E-state index in [4.69, 9.17) is 16.3 Å². The number of esters is 1. The molecule has 4 nitrogen and oxygen atoms in total. The van der Waals surface area contributed by atoms with Crippen molar-refractivity contribution in [2.24, 2.45) is 0 Å². The molecule has 0 saturated carbocycles. The molecule has 2 rings (SSSR count). The Labute approximate surface area is 156 Å². The Morgan fingerprint density at radius 1 is 1.20 bits per heavy atom. The first kappa shape index (κ1) is 19.3. The molecular weight excluding hydrogens is 358 g/mol. The lowest BCUT2D eigenvalue weighted by Crippen LogP contribution is -2.23. The van der Waals surface area contributed by atoms with Crippen molar-refractivity contribution < 1.29 is 14.3 Å². The van der Waals surface area contributed by atoms with Crippen molar-refractivity contribution in [3.63, 3.8) is 0 Å². The molecule has 0 radical (unpaired) electrons. The van der Waals surface area contributed by atoms with Crippen LogP contribution in [0.5, 0.6) is 0 Å². The maximum Gasteiger partial charge on any atom is 0.338 e. The van der Waals surface area contributed by atoms with Crippen molar-refractivity contribution in [2.75, 3.05) is 11.9 Å². The van der Waals surface area contributed by atoms with Crippen LogP contribution in [0.4, 0.5) is 5.69 Å². The van der Waals surface area contributed by atoms with Gasteiger partial charge in [0, 0.05) is 15.6 Å². The Morgan fingerprint density at radius 3 is 2.48 bits per heavy atom. The lowest BCUT2D eigenvalue weighted by atomic mass is 10.1. The maximum atomic E-state index is 12.4. The van der Waals surface area contributed by atoms with Gasteiger partial charge in [0.15, 0.2) is 0 Å². The Balaban J connectivity index is 2.01. The van der Waals surface area contributed by atoms with Crippen LogP contribution in [0.25, 0.3) is 0 Å². The summed E-state index contributed by atoms with van der Waals surface area (Å²) in [5.41, 5.74) is 1.96. The third kappa shape index (κ3) is 5.51. The van der Waals surface area contributed by atoms with Gasteiger partial charge in [-0.25, -0.2) is 4.79 Å². The van der Waals surface area contributed by atoms with E-state index >= 15 is 0 Å². The van der Waals surface area contributed by atoms with Gasteiger partial charge in [0.2, 0.25) is 5.91 Å². The first-order chi connectivity index (χ1) is 11.9. The molecule has 1 unspecified atom stereocenters. The van der Waals surface area contributed by atoms with E-state index < -0.39 is 0 Å². The number of hydrogen-bond acceptors (Lipinski definition) is 4. The van der Waals surface area contributed by atoms with Crippen LogP contribution in [0.1, 0.15) is 29.8 Å². The predicted molar refractivity (Wildman–Crippen MR) is 103 cm³/mol. The van der Waals surface area contributed by atoms with Gasteiger partial charge in [-0.15, -0.1) is 11.8 Å². The molecule has 6 heteroatoms. The van der Waals surface area contributed by atoms with Crippen LogP contribution < -0.4 is 5.32 Å². The number of amides is 1. The zero-order valence-corrected chi connectivity index (χ0v) is 15.9. The second-order valence-corrected chi connectivity index (χ2v) is 7.30. The minimum Gasteiger partial charge on any atom is -0.462 e. The summed E-state index contributed by atoms with van der Waals surface area (Å²) in [5, 5.41) is 3.29. The van der Waals surface area contributed by atoms with Crippen molar-refractivity contribution >= 4 is 40.9 Å². The van der Waals surface area contributed by atoms with E-state index in [1.54, 1.807) is 37.3 Å². The Bertz CT molecular complexity index is 762. The smallest absolute Gasteiger partial charge is 0.338 e. The number of thioether (sulfide) groups is 1. The van der Waals surface area contributed by atoms with Gasteiger partial charge >= 0.3 is 5.97 Å². The number of anilines is 1. The molecule has 1 amide bonds. The zero-order valence-electron chi connectivity index (χ0n) is 14.3. The highest BCUT2D eigenvalue weighted by Crippen LogP contribution is 2.26. The molecule has 1 atom stereocenters.